The molecule has 2 aliphatic heterocycles. The highest BCUT2D eigenvalue weighted by atomic mass is 32.2. The van der Waals surface area contributed by atoms with Gasteiger partial charge in [0.1, 0.15) is 0 Å². The maximum absolute atomic E-state index is 12.7. The number of nitriles is 1. The molecule has 2 heterocycles. The number of ketones is 1. The van der Waals surface area contributed by atoms with Crippen molar-refractivity contribution in [2.45, 2.75) is 32.1 Å². The van der Waals surface area contributed by atoms with Gasteiger partial charge in [-0.25, -0.2) is 0 Å². The van der Waals surface area contributed by atoms with E-state index in [0.717, 1.165) is 40.5 Å². The van der Waals surface area contributed by atoms with E-state index < -0.39 is 0 Å². The second kappa shape index (κ2) is 6.49. The molecule has 5 nitrogen and oxygen atoms in total. The molecule has 0 radical (unpaired) electrons. The molecule has 6 heteroatoms. The highest BCUT2D eigenvalue weighted by Gasteiger charge is 2.37. The van der Waals surface area contributed by atoms with Crippen LogP contribution in [0.25, 0.3) is 0 Å². The van der Waals surface area contributed by atoms with Crippen LogP contribution in [0.5, 0.6) is 11.5 Å². The standard InChI is InChI=1S/C19H18N2O3S/c1-2-25-19-12(9-20)17(18-13(21-19)4-3-5-14(18)22)11-6-7-15-16(8-11)24-10-23-15/h6-8,17,21H,2-5,10H2,1H3/t17-/m0/s1. The lowest BCUT2D eigenvalue weighted by molar-refractivity contribution is -0.116. The summed E-state index contributed by atoms with van der Waals surface area (Å²) in [5, 5.41) is 14.1. The molecule has 3 aliphatic rings. The summed E-state index contributed by atoms with van der Waals surface area (Å²) < 4.78 is 10.9. The van der Waals surface area contributed by atoms with Crippen LogP contribution in [0.15, 0.2) is 40.1 Å². The van der Waals surface area contributed by atoms with Crippen molar-refractivity contribution in [3.8, 4) is 17.6 Å². The average molecular weight is 354 g/mol. The Balaban J connectivity index is 1.87. The van der Waals surface area contributed by atoms with E-state index in [1.54, 1.807) is 11.8 Å². The predicted octanol–water partition coefficient (Wildman–Crippen LogP) is 3.60. The number of ether oxygens (including phenoxy) is 2. The molecule has 0 saturated heterocycles. The Bertz CT molecular complexity index is 851. The Labute approximate surface area is 150 Å². The summed E-state index contributed by atoms with van der Waals surface area (Å²) in [6.07, 6.45) is 2.23. The van der Waals surface area contributed by atoms with Crippen molar-refractivity contribution in [2.75, 3.05) is 12.5 Å². The summed E-state index contributed by atoms with van der Waals surface area (Å²) in [6.45, 7) is 2.26. The molecule has 1 aliphatic carbocycles. The third-order valence-electron chi connectivity index (χ3n) is 4.68. The number of hydrogen-bond donors (Lipinski definition) is 1. The zero-order chi connectivity index (χ0) is 17.4. The Kier molecular flexibility index (Phi) is 4.18. The first-order valence-corrected chi connectivity index (χ1v) is 9.41. The summed E-state index contributed by atoms with van der Waals surface area (Å²) in [4.78, 5) is 12.7. The fraction of sp³-hybridized carbons (Fsp3) is 0.368. The molecule has 0 bridgehead atoms. The Morgan fingerprint density at radius 3 is 2.96 bits per heavy atom. The van der Waals surface area contributed by atoms with Crippen LogP contribution in [0.4, 0.5) is 0 Å². The normalized spacial score (nSPS) is 21.8. The van der Waals surface area contributed by atoms with Gasteiger partial charge in [0, 0.05) is 17.7 Å². The van der Waals surface area contributed by atoms with Crippen molar-refractivity contribution in [3.63, 3.8) is 0 Å². The van der Waals surface area contributed by atoms with Crippen LogP contribution < -0.4 is 14.8 Å². The number of Topliss-reactive ketones (excluding diaryl/α,β-unsaturated/α-hetero) is 1. The summed E-state index contributed by atoms with van der Waals surface area (Å²) >= 11 is 1.61. The average Bonchev–Trinajstić information content (AvgIpc) is 3.09. The first kappa shape index (κ1) is 16.1. The smallest absolute Gasteiger partial charge is 0.231 e. The van der Waals surface area contributed by atoms with Crippen LogP contribution in [0.2, 0.25) is 0 Å². The summed E-state index contributed by atoms with van der Waals surface area (Å²) in [6, 6.07) is 8.03. The highest BCUT2D eigenvalue weighted by molar-refractivity contribution is 8.03. The van der Waals surface area contributed by atoms with E-state index in [-0.39, 0.29) is 18.5 Å². The fourth-order valence-corrected chi connectivity index (χ4v) is 4.41. The number of thioether (sulfide) groups is 1. The highest BCUT2D eigenvalue weighted by Crippen LogP contribution is 2.46. The predicted molar refractivity (Wildman–Crippen MR) is 95.1 cm³/mol. The van der Waals surface area contributed by atoms with Crippen LogP contribution in [-0.4, -0.2) is 18.3 Å². The number of benzene rings is 1. The molecule has 0 fully saturated rings. The third-order valence-corrected chi connectivity index (χ3v) is 5.58. The minimum absolute atomic E-state index is 0.129. The first-order chi connectivity index (χ1) is 12.2. The van der Waals surface area contributed by atoms with E-state index in [4.69, 9.17) is 9.47 Å². The SMILES string of the molecule is CCSC1=C(C#N)[C@H](c2ccc3c(c2)OCO3)C2=C(CCCC2=O)N1. The third kappa shape index (κ3) is 2.69. The van der Waals surface area contributed by atoms with Gasteiger partial charge in [-0.2, -0.15) is 5.26 Å². The fourth-order valence-electron chi connectivity index (χ4n) is 3.61. The quantitative estimate of drug-likeness (QED) is 0.894. The van der Waals surface area contributed by atoms with Crippen LogP contribution in [0.3, 0.4) is 0 Å². The molecular weight excluding hydrogens is 336 g/mol. The molecular formula is C19H18N2O3S. The molecule has 1 N–H and O–H groups in total. The van der Waals surface area contributed by atoms with Gasteiger partial charge in [0.2, 0.25) is 6.79 Å². The van der Waals surface area contributed by atoms with Crippen LogP contribution in [0.1, 0.15) is 37.7 Å². The number of nitrogens with zero attached hydrogens (tertiary/aromatic N) is 1. The second-order valence-electron chi connectivity index (χ2n) is 6.13. The molecule has 4 rings (SSSR count). The van der Waals surface area contributed by atoms with Gasteiger partial charge < -0.3 is 14.8 Å². The number of carbonyl (C=O) groups excluding carboxylic acids is 1. The first-order valence-electron chi connectivity index (χ1n) is 8.42. The monoisotopic (exact) mass is 354 g/mol. The van der Waals surface area contributed by atoms with E-state index in [2.05, 4.69) is 18.3 Å². The van der Waals surface area contributed by atoms with Crippen molar-refractivity contribution in [2.24, 2.45) is 0 Å². The lowest BCUT2D eigenvalue weighted by Gasteiger charge is -2.33. The van der Waals surface area contributed by atoms with E-state index in [9.17, 15) is 10.1 Å². The minimum atomic E-state index is -0.336. The van der Waals surface area contributed by atoms with Gasteiger partial charge in [0.25, 0.3) is 0 Å². The molecule has 1 aromatic rings. The lowest BCUT2D eigenvalue weighted by atomic mass is 9.77. The summed E-state index contributed by atoms with van der Waals surface area (Å²) in [7, 11) is 0. The van der Waals surface area contributed by atoms with Gasteiger partial charge in [-0.05, 0) is 36.3 Å². The summed E-state index contributed by atoms with van der Waals surface area (Å²) in [5.41, 5.74) is 3.22. The molecule has 1 atom stereocenters. The van der Waals surface area contributed by atoms with Crippen molar-refractivity contribution >= 4 is 17.5 Å². The number of fused-ring (bicyclic) bond motifs is 1. The number of dihydropyridines is 1. The molecule has 0 aromatic heterocycles. The van der Waals surface area contributed by atoms with Crippen molar-refractivity contribution in [1.29, 1.82) is 5.26 Å². The van der Waals surface area contributed by atoms with Gasteiger partial charge in [-0.1, -0.05) is 13.0 Å². The van der Waals surface area contributed by atoms with Gasteiger partial charge in [-0.15, -0.1) is 11.8 Å². The maximum atomic E-state index is 12.7. The molecule has 128 valence electrons. The van der Waals surface area contributed by atoms with E-state index in [1.165, 1.54) is 0 Å². The van der Waals surface area contributed by atoms with Crippen molar-refractivity contribution in [1.82, 2.24) is 5.32 Å². The van der Waals surface area contributed by atoms with Gasteiger partial charge in [0.15, 0.2) is 17.3 Å². The maximum Gasteiger partial charge on any atom is 0.231 e. The second-order valence-corrected chi connectivity index (χ2v) is 7.40. The number of carbonyl (C=O) groups is 1. The Hall–Kier alpha value is -2.39. The molecule has 0 unspecified atom stereocenters. The van der Waals surface area contributed by atoms with Crippen molar-refractivity contribution < 1.29 is 14.3 Å². The molecule has 0 saturated carbocycles. The van der Waals surface area contributed by atoms with Crippen LogP contribution >= 0.6 is 11.8 Å². The zero-order valence-electron chi connectivity index (χ0n) is 13.9. The zero-order valence-corrected chi connectivity index (χ0v) is 14.7. The van der Waals surface area contributed by atoms with Gasteiger partial charge in [0.05, 0.1) is 22.6 Å². The lowest BCUT2D eigenvalue weighted by Crippen LogP contribution is -2.31. The van der Waals surface area contributed by atoms with Crippen molar-refractivity contribution in [3.05, 3.63) is 45.6 Å². The molecule has 1 aromatic carbocycles. The minimum Gasteiger partial charge on any atom is -0.454 e. The van der Waals surface area contributed by atoms with E-state index in [0.29, 0.717) is 23.5 Å². The Morgan fingerprint density at radius 1 is 1.32 bits per heavy atom. The number of hydrogen-bond acceptors (Lipinski definition) is 6. The van der Waals surface area contributed by atoms with Crippen LogP contribution in [0, 0.1) is 11.3 Å². The number of rotatable bonds is 3. The van der Waals surface area contributed by atoms with E-state index in [1.807, 2.05) is 18.2 Å². The van der Waals surface area contributed by atoms with Gasteiger partial charge in [-0.3, -0.25) is 4.79 Å². The van der Waals surface area contributed by atoms with Crippen LogP contribution in [-0.2, 0) is 4.79 Å². The molecule has 0 spiro atoms. The Morgan fingerprint density at radius 2 is 2.16 bits per heavy atom. The van der Waals surface area contributed by atoms with E-state index >= 15 is 0 Å². The van der Waals surface area contributed by atoms with Gasteiger partial charge >= 0.3 is 0 Å². The number of nitrogens with one attached hydrogen (secondary N) is 1. The molecule has 0 amide bonds. The topological polar surface area (TPSA) is 71.3 Å². The summed E-state index contributed by atoms with van der Waals surface area (Å²) in [5.74, 6) is 2.02. The largest absolute Gasteiger partial charge is 0.454 e. The molecule has 25 heavy (non-hydrogen) atoms. The number of allylic oxidation sites excluding steroid dienone is 3.